The molecule has 6 nitrogen and oxygen atoms in total. The van der Waals surface area contributed by atoms with Gasteiger partial charge in [0.05, 0.1) is 17.6 Å². The van der Waals surface area contributed by atoms with Gasteiger partial charge in [-0.15, -0.1) is 0 Å². The second kappa shape index (κ2) is 14.2. The number of H-pyrrole nitrogens is 1. The van der Waals surface area contributed by atoms with E-state index < -0.39 is 12.6 Å². The molecule has 4 aromatic rings. The summed E-state index contributed by atoms with van der Waals surface area (Å²) in [5.74, 6) is 0.183. The predicted molar refractivity (Wildman–Crippen MR) is 156 cm³/mol. The Bertz CT molecular complexity index is 1460. The summed E-state index contributed by atoms with van der Waals surface area (Å²) in [6, 6.07) is 22.8. The highest BCUT2D eigenvalue weighted by atomic mass is 19.1. The second-order valence-electron chi connectivity index (χ2n) is 9.47. The molecule has 0 aliphatic rings. The number of aromatic nitrogens is 2. The molecule has 40 heavy (non-hydrogen) atoms. The van der Waals surface area contributed by atoms with E-state index in [0.29, 0.717) is 29.8 Å². The molecule has 1 aromatic heterocycles. The highest BCUT2D eigenvalue weighted by Gasteiger charge is 2.16. The lowest BCUT2D eigenvalue weighted by atomic mass is 9.87. The number of halogens is 2. The lowest BCUT2D eigenvalue weighted by Crippen LogP contribution is -2.22. The van der Waals surface area contributed by atoms with Crippen LogP contribution >= 0.6 is 0 Å². The molecule has 208 valence electrons. The minimum absolute atomic E-state index is 0.0282. The minimum Gasteiger partial charge on any atom is -0.492 e. The molecule has 8 heteroatoms. The molecular formula is C32H34F2N4O2. The smallest absolute Gasteiger partial charge is 0.245 e. The fourth-order valence-corrected chi connectivity index (χ4v) is 4.40. The van der Waals surface area contributed by atoms with Gasteiger partial charge < -0.3 is 15.0 Å². The molecule has 0 saturated heterocycles. The summed E-state index contributed by atoms with van der Waals surface area (Å²) in [5, 5.41) is 10.1. The fourth-order valence-electron chi connectivity index (χ4n) is 4.40. The van der Waals surface area contributed by atoms with Gasteiger partial charge in [0, 0.05) is 27.1 Å². The van der Waals surface area contributed by atoms with Crippen molar-refractivity contribution >= 4 is 28.0 Å². The van der Waals surface area contributed by atoms with Gasteiger partial charge in [-0.05, 0) is 71.1 Å². The van der Waals surface area contributed by atoms with Gasteiger partial charge >= 0.3 is 0 Å². The number of fused-ring (bicyclic) bond motifs is 1. The van der Waals surface area contributed by atoms with Crippen LogP contribution in [0.15, 0.2) is 84.9 Å². The number of aromatic amines is 1. The van der Waals surface area contributed by atoms with Crippen molar-refractivity contribution < 1.29 is 18.3 Å². The van der Waals surface area contributed by atoms with Gasteiger partial charge in [0.15, 0.2) is 0 Å². The lowest BCUT2D eigenvalue weighted by Gasteiger charge is -2.17. The van der Waals surface area contributed by atoms with E-state index >= 15 is 0 Å². The topological polar surface area (TPSA) is 70.2 Å². The van der Waals surface area contributed by atoms with E-state index in [-0.39, 0.29) is 12.3 Å². The van der Waals surface area contributed by atoms with Crippen LogP contribution in [-0.2, 0) is 4.79 Å². The first-order chi connectivity index (χ1) is 19.5. The Hall–Kier alpha value is -4.30. The van der Waals surface area contributed by atoms with E-state index in [1.165, 1.54) is 4.90 Å². The van der Waals surface area contributed by atoms with Crippen molar-refractivity contribution in [2.24, 2.45) is 0 Å². The number of allylic oxidation sites excluding steroid dienone is 1. The average Bonchev–Trinajstić information content (AvgIpc) is 3.35. The van der Waals surface area contributed by atoms with Crippen molar-refractivity contribution in [1.29, 1.82) is 0 Å². The van der Waals surface area contributed by atoms with Crippen LogP contribution in [0.2, 0.25) is 0 Å². The Morgan fingerprint density at radius 2 is 1.75 bits per heavy atom. The van der Waals surface area contributed by atoms with Gasteiger partial charge in [0.1, 0.15) is 12.4 Å². The standard InChI is InChI=1S/C32H34F2N4O2/c1-38(2)30(39)10-6-7-19-35-20-21-40-26-14-11-24(12-15-26)31(27(17-18-33)23-8-4-3-5-9-23)25-13-16-29-28(22-25)32(34)37-36-29/h3-6,8-16,22,35H,7,17-21H2,1-2H3,(H,36,37). The number of alkyl halides is 1. The number of hydrogen-bond donors (Lipinski definition) is 2. The zero-order chi connectivity index (χ0) is 28.3. The highest BCUT2D eigenvalue weighted by molar-refractivity contribution is 6.00. The first kappa shape index (κ1) is 28.7. The van der Waals surface area contributed by atoms with Gasteiger partial charge in [0.2, 0.25) is 11.9 Å². The number of likely N-dealkylation sites (N-methyl/N-ethyl adjacent to an activating group) is 1. The molecule has 1 heterocycles. The number of benzene rings is 3. The Morgan fingerprint density at radius 3 is 2.48 bits per heavy atom. The van der Waals surface area contributed by atoms with Crippen LogP contribution in [-0.4, -0.2) is 61.5 Å². The second-order valence-corrected chi connectivity index (χ2v) is 9.47. The average molecular weight is 545 g/mol. The van der Waals surface area contributed by atoms with Crippen molar-refractivity contribution in [2.45, 2.75) is 12.8 Å². The van der Waals surface area contributed by atoms with Gasteiger partial charge in [-0.1, -0.05) is 54.6 Å². The monoisotopic (exact) mass is 544 g/mol. The molecule has 0 aliphatic heterocycles. The van der Waals surface area contributed by atoms with Crippen molar-refractivity contribution in [3.05, 3.63) is 108 Å². The zero-order valence-corrected chi connectivity index (χ0v) is 22.8. The van der Waals surface area contributed by atoms with E-state index in [9.17, 15) is 13.6 Å². The summed E-state index contributed by atoms with van der Waals surface area (Å²) < 4.78 is 34.1. The number of hydrogen-bond acceptors (Lipinski definition) is 4. The summed E-state index contributed by atoms with van der Waals surface area (Å²) in [6.45, 7) is 1.36. The number of nitrogens with zero attached hydrogens (tertiary/aromatic N) is 2. The first-order valence-electron chi connectivity index (χ1n) is 13.3. The molecule has 0 spiro atoms. The third-order valence-electron chi connectivity index (χ3n) is 6.44. The van der Waals surface area contributed by atoms with Crippen LogP contribution in [0.5, 0.6) is 5.75 Å². The number of rotatable bonds is 13. The number of carbonyl (C=O) groups excluding carboxylic acids is 1. The van der Waals surface area contributed by atoms with Crippen LogP contribution < -0.4 is 10.1 Å². The maximum Gasteiger partial charge on any atom is 0.245 e. The maximum atomic E-state index is 14.4. The van der Waals surface area contributed by atoms with E-state index in [1.54, 1.807) is 32.3 Å². The molecule has 4 rings (SSSR count). The Kier molecular flexibility index (Phi) is 10.2. The quantitative estimate of drug-likeness (QED) is 0.123. The molecule has 0 unspecified atom stereocenters. The van der Waals surface area contributed by atoms with Crippen LogP contribution in [0.4, 0.5) is 8.78 Å². The van der Waals surface area contributed by atoms with E-state index in [4.69, 9.17) is 4.74 Å². The number of carbonyl (C=O) groups is 1. The van der Waals surface area contributed by atoms with Gasteiger partial charge in [-0.25, -0.2) is 0 Å². The van der Waals surface area contributed by atoms with Crippen molar-refractivity contribution in [2.75, 3.05) is 40.5 Å². The first-order valence-corrected chi connectivity index (χ1v) is 13.3. The normalized spacial score (nSPS) is 12.1. The summed E-state index contributed by atoms with van der Waals surface area (Å²) >= 11 is 0. The highest BCUT2D eigenvalue weighted by Crippen LogP contribution is 2.36. The van der Waals surface area contributed by atoms with E-state index in [2.05, 4.69) is 15.5 Å². The van der Waals surface area contributed by atoms with Gasteiger partial charge in [-0.2, -0.15) is 9.49 Å². The van der Waals surface area contributed by atoms with Crippen LogP contribution in [0.3, 0.4) is 0 Å². The maximum absolute atomic E-state index is 14.4. The zero-order valence-electron chi connectivity index (χ0n) is 22.8. The van der Waals surface area contributed by atoms with Crippen molar-refractivity contribution in [3.63, 3.8) is 0 Å². The minimum atomic E-state index is -0.522. The molecular weight excluding hydrogens is 510 g/mol. The molecule has 1 amide bonds. The molecule has 2 N–H and O–H groups in total. The Labute approximate surface area is 233 Å². The summed E-state index contributed by atoms with van der Waals surface area (Å²) in [4.78, 5) is 13.1. The van der Waals surface area contributed by atoms with E-state index in [1.807, 2.05) is 66.7 Å². The van der Waals surface area contributed by atoms with Crippen molar-refractivity contribution in [3.8, 4) is 5.75 Å². The van der Waals surface area contributed by atoms with Gasteiger partial charge in [-0.3, -0.25) is 14.3 Å². The SMILES string of the molecule is CN(C)C(=O)C=CCCNCCOc1ccc(C(=C(CCF)c2ccccc2)c2ccc3n[nH]c(F)c3c2)cc1. The number of ether oxygens (including phenoxy) is 1. The lowest BCUT2D eigenvalue weighted by molar-refractivity contribution is -0.123. The van der Waals surface area contributed by atoms with Crippen LogP contribution in [0.25, 0.3) is 22.0 Å². The third kappa shape index (κ3) is 7.42. The predicted octanol–water partition coefficient (Wildman–Crippen LogP) is 6.02. The molecule has 0 radical (unpaired) electrons. The molecule has 3 aromatic carbocycles. The molecule has 0 atom stereocenters. The third-order valence-corrected chi connectivity index (χ3v) is 6.44. The van der Waals surface area contributed by atoms with Gasteiger partial charge in [0.25, 0.3) is 0 Å². The largest absolute Gasteiger partial charge is 0.492 e. The molecule has 0 saturated carbocycles. The summed E-state index contributed by atoms with van der Waals surface area (Å²) in [6.07, 6.45) is 4.39. The Morgan fingerprint density at radius 1 is 1.00 bits per heavy atom. The van der Waals surface area contributed by atoms with Crippen molar-refractivity contribution in [1.82, 2.24) is 20.4 Å². The van der Waals surface area contributed by atoms with Crippen LogP contribution in [0, 0.1) is 5.95 Å². The Balaban J connectivity index is 1.50. The number of nitrogens with one attached hydrogen (secondary N) is 2. The number of amides is 1. The summed E-state index contributed by atoms with van der Waals surface area (Å²) in [7, 11) is 3.44. The molecule has 0 aliphatic carbocycles. The molecule has 0 bridgehead atoms. The van der Waals surface area contributed by atoms with E-state index in [0.717, 1.165) is 40.8 Å². The van der Waals surface area contributed by atoms with Crippen LogP contribution in [0.1, 0.15) is 29.5 Å². The summed E-state index contributed by atoms with van der Waals surface area (Å²) in [5.41, 5.74) is 4.77. The molecule has 0 fully saturated rings. The fraction of sp³-hybridized carbons (Fsp3) is 0.250.